The Morgan fingerprint density at radius 3 is 1.89 bits per heavy atom. The van der Waals surface area contributed by atoms with Gasteiger partial charge >= 0.3 is 0 Å². The normalized spacial score (nSPS) is 9.11. The van der Waals surface area contributed by atoms with Gasteiger partial charge < -0.3 is 4.90 Å². The molecular weight excluding hydrogens is 112 g/mol. The smallest absolute Gasteiger partial charge is 0.0360 e. The SMILES string of the molecule is [13CH3]N([13CH3])c1ccccc1. The Bertz CT molecular complexity index is 167. The van der Waals surface area contributed by atoms with Crippen LogP contribution in [-0.2, 0) is 0 Å². The lowest BCUT2D eigenvalue weighted by molar-refractivity contribution is 1.13. The van der Waals surface area contributed by atoms with Crippen LogP contribution in [0.3, 0.4) is 0 Å². The van der Waals surface area contributed by atoms with Crippen LogP contribution in [0.25, 0.3) is 0 Å². The highest BCUT2D eigenvalue weighted by Gasteiger charge is 1.87. The molecule has 1 rings (SSSR count). The Balaban J connectivity index is 2.85. The second-order valence-electron chi connectivity index (χ2n) is 2.23. The molecule has 0 fully saturated rings. The fourth-order valence-corrected chi connectivity index (χ4v) is 0.726. The van der Waals surface area contributed by atoms with Gasteiger partial charge in [-0.25, -0.2) is 0 Å². The third-order valence-corrected chi connectivity index (χ3v) is 1.27. The summed E-state index contributed by atoms with van der Waals surface area (Å²) in [6, 6.07) is 10.3. The van der Waals surface area contributed by atoms with Crippen molar-refractivity contribution >= 4 is 5.69 Å². The molecule has 1 aromatic carbocycles. The van der Waals surface area contributed by atoms with Crippen LogP contribution >= 0.6 is 0 Å². The summed E-state index contributed by atoms with van der Waals surface area (Å²) in [5.41, 5.74) is 1.25. The maximum absolute atomic E-state index is 2.08. The number of anilines is 1. The molecule has 1 aromatic rings. The predicted octanol–water partition coefficient (Wildman–Crippen LogP) is 1.75. The standard InChI is InChI=1S/C8H11N/c1-9(2)8-6-4-3-5-7-8/h3-7H,1-2H3/i1+1,2+1. The fourth-order valence-electron chi connectivity index (χ4n) is 0.726. The lowest BCUT2D eigenvalue weighted by Gasteiger charge is -2.10. The van der Waals surface area contributed by atoms with Gasteiger partial charge in [-0.2, -0.15) is 0 Å². The number of rotatable bonds is 1. The van der Waals surface area contributed by atoms with E-state index in [9.17, 15) is 0 Å². The Morgan fingerprint density at radius 2 is 1.56 bits per heavy atom. The second-order valence-corrected chi connectivity index (χ2v) is 2.23. The number of para-hydroxylation sites is 1. The van der Waals surface area contributed by atoms with Crippen LogP contribution in [0.4, 0.5) is 5.69 Å². The van der Waals surface area contributed by atoms with Crippen molar-refractivity contribution in [3.8, 4) is 0 Å². The molecular formula is C8H11N. The predicted molar refractivity (Wildman–Crippen MR) is 40.8 cm³/mol. The van der Waals surface area contributed by atoms with E-state index in [1.165, 1.54) is 5.69 Å². The molecule has 0 unspecified atom stereocenters. The molecule has 1 nitrogen and oxygen atoms in total. The van der Waals surface area contributed by atoms with E-state index in [1.54, 1.807) is 0 Å². The van der Waals surface area contributed by atoms with Gasteiger partial charge in [-0.15, -0.1) is 0 Å². The van der Waals surface area contributed by atoms with Gasteiger partial charge in [0, 0.05) is 19.8 Å². The average molecular weight is 123 g/mol. The highest BCUT2D eigenvalue weighted by Crippen LogP contribution is 2.07. The molecule has 48 valence electrons. The van der Waals surface area contributed by atoms with Crippen molar-refractivity contribution in [1.82, 2.24) is 0 Å². The summed E-state index contributed by atoms with van der Waals surface area (Å²) in [6.07, 6.45) is 0. The first-order chi connectivity index (χ1) is 4.30. The molecule has 1 heteroatoms. The molecule has 0 bridgehead atoms. The zero-order chi connectivity index (χ0) is 6.69. The monoisotopic (exact) mass is 123 g/mol. The lowest BCUT2D eigenvalue weighted by Crippen LogP contribution is -2.07. The maximum Gasteiger partial charge on any atom is 0.0360 e. The summed E-state index contributed by atoms with van der Waals surface area (Å²) in [5.74, 6) is 0. The van der Waals surface area contributed by atoms with Gasteiger partial charge in [0.25, 0.3) is 0 Å². The summed E-state index contributed by atoms with van der Waals surface area (Å²) in [6.45, 7) is 0. The molecule has 0 saturated carbocycles. The third-order valence-electron chi connectivity index (χ3n) is 1.27. The van der Waals surface area contributed by atoms with E-state index in [1.807, 2.05) is 32.3 Å². The van der Waals surface area contributed by atoms with E-state index in [-0.39, 0.29) is 0 Å². The molecule has 0 heterocycles. The number of hydrogen-bond donors (Lipinski definition) is 0. The number of nitrogens with zero attached hydrogens (tertiary/aromatic N) is 1. The first-order valence-corrected chi connectivity index (χ1v) is 3.03. The Labute approximate surface area is 55.9 Å². The number of hydrogen-bond acceptors (Lipinski definition) is 1. The van der Waals surface area contributed by atoms with Crippen molar-refractivity contribution in [3.63, 3.8) is 0 Å². The third kappa shape index (κ3) is 1.46. The Morgan fingerprint density at radius 1 is 1.00 bits per heavy atom. The quantitative estimate of drug-likeness (QED) is 0.514. The Hall–Kier alpha value is -0.980. The summed E-state index contributed by atoms with van der Waals surface area (Å²) in [5, 5.41) is 0. The van der Waals surface area contributed by atoms with Gasteiger partial charge in [-0.05, 0) is 12.1 Å². The minimum atomic E-state index is 1.25. The molecule has 0 saturated heterocycles. The van der Waals surface area contributed by atoms with Crippen LogP contribution < -0.4 is 4.90 Å². The van der Waals surface area contributed by atoms with E-state index < -0.39 is 0 Å². The van der Waals surface area contributed by atoms with Crippen molar-refractivity contribution in [2.75, 3.05) is 19.0 Å². The van der Waals surface area contributed by atoms with Crippen LogP contribution in [0.1, 0.15) is 0 Å². The summed E-state index contributed by atoms with van der Waals surface area (Å²) in [4.78, 5) is 2.08. The second kappa shape index (κ2) is 2.53. The maximum atomic E-state index is 2.08. The first kappa shape index (κ1) is 6.14. The van der Waals surface area contributed by atoms with E-state index in [4.69, 9.17) is 0 Å². The topological polar surface area (TPSA) is 3.24 Å². The van der Waals surface area contributed by atoms with Crippen molar-refractivity contribution in [2.45, 2.75) is 0 Å². The summed E-state index contributed by atoms with van der Waals surface area (Å²) in [7, 11) is 4.07. The van der Waals surface area contributed by atoms with Crippen LogP contribution in [0, 0.1) is 0 Å². The van der Waals surface area contributed by atoms with E-state index in [2.05, 4.69) is 17.0 Å². The minimum absolute atomic E-state index is 1.25. The zero-order valence-electron chi connectivity index (χ0n) is 5.83. The zero-order valence-corrected chi connectivity index (χ0v) is 5.83. The fraction of sp³-hybridized carbons (Fsp3) is 0.250. The van der Waals surface area contributed by atoms with Gasteiger partial charge in [0.2, 0.25) is 0 Å². The molecule has 9 heavy (non-hydrogen) atoms. The molecule has 0 aliphatic carbocycles. The van der Waals surface area contributed by atoms with Crippen molar-refractivity contribution < 1.29 is 0 Å². The molecule has 0 N–H and O–H groups in total. The van der Waals surface area contributed by atoms with E-state index >= 15 is 0 Å². The summed E-state index contributed by atoms with van der Waals surface area (Å²) < 4.78 is 0. The molecule has 0 amide bonds. The van der Waals surface area contributed by atoms with Gasteiger partial charge in [-0.3, -0.25) is 0 Å². The van der Waals surface area contributed by atoms with Gasteiger partial charge in [0.05, 0.1) is 0 Å². The van der Waals surface area contributed by atoms with Crippen molar-refractivity contribution in [2.24, 2.45) is 0 Å². The van der Waals surface area contributed by atoms with Crippen molar-refractivity contribution in [1.29, 1.82) is 0 Å². The minimum Gasteiger partial charge on any atom is -0.378 e. The number of benzene rings is 1. The molecule has 0 aliphatic rings. The highest BCUT2D eigenvalue weighted by molar-refractivity contribution is 5.43. The molecule has 0 spiro atoms. The van der Waals surface area contributed by atoms with Gasteiger partial charge in [-0.1, -0.05) is 18.2 Å². The van der Waals surface area contributed by atoms with Gasteiger partial charge in [0.15, 0.2) is 0 Å². The van der Waals surface area contributed by atoms with Crippen LogP contribution in [-0.4, -0.2) is 14.1 Å². The van der Waals surface area contributed by atoms with Gasteiger partial charge in [0.1, 0.15) is 0 Å². The molecule has 0 aliphatic heterocycles. The summed E-state index contributed by atoms with van der Waals surface area (Å²) >= 11 is 0. The molecule has 0 aromatic heterocycles. The Kier molecular flexibility index (Phi) is 1.73. The van der Waals surface area contributed by atoms with E-state index in [0.29, 0.717) is 0 Å². The average Bonchev–Trinajstić information content (AvgIpc) is 1.90. The van der Waals surface area contributed by atoms with Crippen LogP contribution in [0.15, 0.2) is 30.3 Å². The van der Waals surface area contributed by atoms with Crippen LogP contribution in [0.5, 0.6) is 0 Å². The van der Waals surface area contributed by atoms with Crippen LogP contribution in [0.2, 0.25) is 0 Å². The molecule has 0 radical (unpaired) electrons. The largest absolute Gasteiger partial charge is 0.378 e. The molecule has 0 atom stereocenters. The lowest BCUT2D eigenvalue weighted by atomic mass is 10.3. The van der Waals surface area contributed by atoms with E-state index in [0.717, 1.165) is 0 Å². The first-order valence-electron chi connectivity index (χ1n) is 3.03. The van der Waals surface area contributed by atoms with Crippen molar-refractivity contribution in [3.05, 3.63) is 30.3 Å². The highest BCUT2D eigenvalue weighted by atomic mass is 15.3.